The summed E-state index contributed by atoms with van der Waals surface area (Å²) in [6.07, 6.45) is 2.47. The van der Waals surface area contributed by atoms with Crippen LogP contribution in [0.25, 0.3) is 0 Å². The zero-order valence-corrected chi connectivity index (χ0v) is 20.4. The minimum atomic E-state index is -1.75. The van der Waals surface area contributed by atoms with Gasteiger partial charge in [-0.15, -0.1) is 0 Å². The molecule has 3 rings (SSSR count). The van der Waals surface area contributed by atoms with E-state index in [0.717, 1.165) is 12.8 Å². The Morgan fingerprint density at radius 3 is 2.57 bits per heavy atom. The number of hydrogen-bond donors (Lipinski definition) is 1. The zero-order chi connectivity index (χ0) is 22.3. The van der Waals surface area contributed by atoms with Crippen LogP contribution in [0.5, 0.6) is 5.75 Å². The number of carbonyl (C=O) groups is 1. The monoisotopic (exact) mass is 454 g/mol. The van der Waals surface area contributed by atoms with Crippen molar-refractivity contribution in [2.24, 2.45) is 16.9 Å². The van der Waals surface area contributed by atoms with Crippen LogP contribution in [-0.2, 0) is 9.22 Å². The van der Waals surface area contributed by atoms with Gasteiger partial charge >= 0.3 is 0 Å². The molecule has 1 unspecified atom stereocenters. The predicted octanol–water partition coefficient (Wildman–Crippen LogP) is 5.52. The van der Waals surface area contributed by atoms with Crippen LogP contribution >= 0.6 is 11.6 Å². The summed E-state index contributed by atoms with van der Waals surface area (Å²) in [6.45, 7) is 13.6. The number of nitrogens with zero attached hydrogens (tertiary/aromatic N) is 1. The summed E-state index contributed by atoms with van der Waals surface area (Å²) in [5, 5.41) is 4.16. The molecule has 1 fully saturated rings. The molecule has 1 aliphatic heterocycles. The molecular weight excluding hydrogens is 423 g/mol. The molecule has 1 aromatic rings. The number of hydrogen-bond acceptors (Lipinski definition) is 4. The molecule has 1 atom stereocenters. The molecule has 1 N–H and O–H groups in total. The minimum absolute atomic E-state index is 0.0484. The first-order valence-corrected chi connectivity index (χ1v) is 13.8. The Bertz CT molecular complexity index is 848. The highest BCUT2D eigenvalue weighted by Crippen LogP contribution is 2.42. The number of amides is 1. The Kier molecular flexibility index (Phi) is 6.65. The third kappa shape index (κ3) is 4.89. The first kappa shape index (κ1) is 23.2. The van der Waals surface area contributed by atoms with Gasteiger partial charge in [-0.25, -0.2) is 9.82 Å². The van der Waals surface area contributed by atoms with Gasteiger partial charge in [-0.2, -0.15) is 5.10 Å². The number of hydrazone groups is 1. The van der Waals surface area contributed by atoms with E-state index in [0.29, 0.717) is 29.5 Å². The first-order chi connectivity index (χ1) is 13.9. The van der Waals surface area contributed by atoms with Crippen molar-refractivity contribution in [2.45, 2.75) is 71.2 Å². The van der Waals surface area contributed by atoms with Crippen LogP contribution in [0.15, 0.2) is 17.2 Å². The van der Waals surface area contributed by atoms with Gasteiger partial charge in [0.05, 0.1) is 12.3 Å². The van der Waals surface area contributed by atoms with Gasteiger partial charge in [-0.05, 0) is 49.0 Å². The number of carbonyl (C=O) groups excluding carboxylic acids is 1. The fourth-order valence-corrected chi connectivity index (χ4v) is 5.13. The van der Waals surface area contributed by atoms with E-state index < -0.39 is 14.1 Å². The number of nitrogens with one attached hydrogen (secondary N) is 1. The summed E-state index contributed by atoms with van der Waals surface area (Å²) < 4.78 is 27.1. The van der Waals surface area contributed by atoms with Crippen LogP contribution < -0.4 is 10.2 Å². The molecule has 0 saturated heterocycles. The maximum absolute atomic E-state index is 14.9. The Hall–Kier alpha value is -1.44. The molecule has 0 bridgehead atoms. The average Bonchev–Trinajstić information content (AvgIpc) is 2.60. The maximum Gasteiger partial charge on any atom is 0.240 e. The Labute approximate surface area is 184 Å². The summed E-state index contributed by atoms with van der Waals surface area (Å²) in [4.78, 5) is 11.4. The molecule has 1 saturated carbocycles. The minimum Gasteiger partial charge on any atom is -0.492 e. The van der Waals surface area contributed by atoms with E-state index in [1.165, 1.54) is 0 Å². The molecule has 30 heavy (non-hydrogen) atoms. The van der Waals surface area contributed by atoms with E-state index in [-0.39, 0.29) is 34.4 Å². The highest BCUT2D eigenvalue weighted by Gasteiger charge is 2.42. The Morgan fingerprint density at radius 1 is 1.30 bits per heavy atom. The summed E-state index contributed by atoms with van der Waals surface area (Å²) in [6, 6.07) is 3.29. The van der Waals surface area contributed by atoms with Crippen molar-refractivity contribution in [3.05, 3.63) is 28.5 Å². The van der Waals surface area contributed by atoms with Crippen LogP contribution in [0.2, 0.25) is 23.2 Å². The zero-order valence-electron chi connectivity index (χ0n) is 18.6. The topological polar surface area (TPSA) is 59.9 Å². The van der Waals surface area contributed by atoms with E-state index in [1.54, 1.807) is 12.1 Å². The van der Waals surface area contributed by atoms with Crippen LogP contribution in [0, 0.1) is 17.7 Å². The summed E-state index contributed by atoms with van der Waals surface area (Å²) in [7, 11) is -1.75. The molecule has 0 aromatic heterocycles. The molecule has 5 nitrogen and oxygen atoms in total. The number of halogens is 2. The van der Waals surface area contributed by atoms with E-state index in [9.17, 15) is 9.18 Å². The molecule has 2 aliphatic rings. The van der Waals surface area contributed by atoms with Crippen molar-refractivity contribution in [2.75, 3.05) is 6.61 Å². The third-order valence-corrected chi connectivity index (χ3v) is 11.4. The summed E-state index contributed by atoms with van der Waals surface area (Å²) >= 11 is 6.24. The Balaban J connectivity index is 1.57. The first-order valence-electron chi connectivity index (χ1n) is 10.5. The fraction of sp³-hybridized carbons (Fsp3) is 0.636. The van der Waals surface area contributed by atoms with E-state index in [2.05, 4.69) is 44.4 Å². The van der Waals surface area contributed by atoms with E-state index in [4.69, 9.17) is 20.8 Å². The van der Waals surface area contributed by atoms with Gasteiger partial charge in [0.2, 0.25) is 5.91 Å². The molecule has 0 spiro atoms. The van der Waals surface area contributed by atoms with Crippen LogP contribution in [0.1, 0.15) is 52.5 Å². The quantitative estimate of drug-likeness (QED) is 0.576. The molecule has 1 aromatic carbocycles. The third-order valence-electron chi connectivity index (χ3n) is 6.52. The summed E-state index contributed by atoms with van der Waals surface area (Å²) in [5.41, 5.74) is 3.19. The fourth-order valence-electron chi connectivity index (χ4n) is 3.53. The maximum atomic E-state index is 14.9. The van der Waals surface area contributed by atoms with Gasteiger partial charge < -0.3 is 9.16 Å². The molecule has 1 heterocycles. The highest BCUT2D eigenvalue weighted by atomic mass is 35.5. The second-order valence-corrected chi connectivity index (χ2v) is 15.2. The number of rotatable bonds is 6. The molecule has 0 radical (unpaired) electrons. The van der Waals surface area contributed by atoms with E-state index in [1.807, 2.05) is 6.92 Å². The number of benzene rings is 1. The van der Waals surface area contributed by atoms with Gasteiger partial charge in [-0.3, -0.25) is 4.79 Å². The highest BCUT2D eigenvalue weighted by molar-refractivity contribution is 6.74. The predicted molar refractivity (Wildman–Crippen MR) is 120 cm³/mol. The smallest absolute Gasteiger partial charge is 0.240 e. The van der Waals surface area contributed by atoms with E-state index >= 15 is 0 Å². The lowest BCUT2D eigenvalue weighted by Crippen LogP contribution is -2.48. The molecular formula is C22H32ClFN2O3Si. The van der Waals surface area contributed by atoms with Crippen LogP contribution in [0.3, 0.4) is 0 Å². The van der Waals surface area contributed by atoms with Gasteiger partial charge in [0, 0.05) is 24.0 Å². The standard InChI is InChI=1S/C22H32ClFN2O3Si/c1-13-9-18(27)25-26-21(13)16-7-8-17(19(23)20(16)24)28-12-14-10-15(11-14)29-30(5,6)22(2,3)4/h7-8,13-15H,9-12H2,1-6H3,(H,25,27). The lowest BCUT2D eigenvalue weighted by atomic mass is 9.83. The van der Waals surface area contributed by atoms with Crippen molar-refractivity contribution in [3.8, 4) is 5.75 Å². The van der Waals surface area contributed by atoms with Crippen LogP contribution in [0.4, 0.5) is 4.39 Å². The van der Waals surface area contributed by atoms with Gasteiger partial charge in [0.25, 0.3) is 0 Å². The lowest BCUT2D eigenvalue weighted by molar-refractivity contribution is -0.121. The normalized spacial score (nSPS) is 24.7. The van der Waals surface area contributed by atoms with Gasteiger partial charge in [-0.1, -0.05) is 39.3 Å². The average molecular weight is 455 g/mol. The molecule has 1 aliphatic carbocycles. The van der Waals surface area contributed by atoms with Crippen molar-refractivity contribution in [3.63, 3.8) is 0 Å². The number of ether oxygens (including phenoxy) is 1. The molecule has 166 valence electrons. The van der Waals surface area contributed by atoms with Crippen molar-refractivity contribution in [1.29, 1.82) is 0 Å². The molecule has 8 heteroatoms. The summed E-state index contributed by atoms with van der Waals surface area (Å²) in [5.74, 6) is -0.196. The van der Waals surface area contributed by atoms with Crippen molar-refractivity contribution in [1.82, 2.24) is 5.43 Å². The van der Waals surface area contributed by atoms with Gasteiger partial charge in [0.1, 0.15) is 10.8 Å². The second kappa shape index (κ2) is 8.59. The SMILES string of the molecule is CC1CC(=O)NN=C1c1ccc(OCC2CC(O[Si](C)(C)C(C)(C)C)C2)c(Cl)c1F. The van der Waals surface area contributed by atoms with Crippen LogP contribution in [-0.4, -0.2) is 32.6 Å². The largest absolute Gasteiger partial charge is 0.492 e. The second-order valence-electron chi connectivity index (χ2n) is 10.0. The lowest BCUT2D eigenvalue weighted by Gasteiger charge is -2.44. The van der Waals surface area contributed by atoms with Gasteiger partial charge in [0.15, 0.2) is 14.1 Å². The van der Waals surface area contributed by atoms with Crippen molar-refractivity contribution >= 4 is 31.5 Å². The Morgan fingerprint density at radius 2 is 1.97 bits per heavy atom. The van der Waals surface area contributed by atoms with Crippen molar-refractivity contribution < 1.29 is 18.3 Å². The molecule has 1 amide bonds.